The Labute approximate surface area is 180 Å². The fraction of sp³-hybridized carbons (Fsp3) is 0.682. The van der Waals surface area contributed by atoms with Gasteiger partial charge in [0.1, 0.15) is 0 Å². The molecular formula is C22H29N5O4. The van der Waals surface area contributed by atoms with E-state index in [0.717, 1.165) is 51.6 Å². The summed E-state index contributed by atoms with van der Waals surface area (Å²) in [6.07, 6.45) is 6.30. The van der Waals surface area contributed by atoms with Crippen molar-refractivity contribution in [3.05, 3.63) is 21.6 Å². The highest BCUT2D eigenvalue weighted by Gasteiger charge is 2.48. The third-order valence-electron chi connectivity index (χ3n) is 7.30. The first-order valence-corrected chi connectivity index (χ1v) is 11.5. The topological polar surface area (TPSA) is 107 Å². The second-order valence-corrected chi connectivity index (χ2v) is 9.15. The number of rotatable bonds is 4. The van der Waals surface area contributed by atoms with Gasteiger partial charge in [-0.2, -0.15) is 0 Å². The van der Waals surface area contributed by atoms with E-state index in [1.807, 2.05) is 0 Å². The molecule has 1 N–H and O–H groups in total. The van der Waals surface area contributed by atoms with Crippen molar-refractivity contribution in [2.75, 3.05) is 31.1 Å². The number of carbonyl (C=O) groups excluding carboxylic acids is 3. The lowest BCUT2D eigenvalue weighted by Gasteiger charge is -2.29. The number of likely N-dealkylation sites (tertiary alicyclic amines) is 1. The number of hydrogen-bond donors (Lipinski definition) is 1. The van der Waals surface area contributed by atoms with Crippen LogP contribution in [0.4, 0.5) is 5.95 Å². The van der Waals surface area contributed by atoms with Crippen LogP contribution in [0.2, 0.25) is 0 Å². The van der Waals surface area contributed by atoms with E-state index in [1.165, 1.54) is 4.90 Å². The lowest BCUT2D eigenvalue weighted by Crippen LogP contribution is -2.41. The normalized spacial score (nSPS) is 25.7. The zero-order chi connectivity index (χ0) is 21.5. The van der Waals surface area contributed by atoms with Gasteiger partial charge in [-0.05, 0) is 32.1 Å². The van der Waals surface area contributed by atoms with Crippen LogP contribution >= 0.6 is 0 Å². The van der Waals surface area contributed by atoms with Gasteiger partial charge in [0.15, 0.2) is 0 Å². The van der Waals surface area contributed by atoms with Gasteiger partial charge >= 0.3 is 0 Å². The number of imide groups is 1. The summed E-state index contributed by atoms with van der Waals surface area (Å²) in [5, 5.41) is 0. The van der Waals surface area contributed by atoms with E-state index in [2.05, 4.69) is 14.9 Å². The molecule has 1 saturated carbocycles. The van der Waals surface area contributed by atoms with E-state index in [4.69, 9.17) is 0 Å². The molecule has 9 nitrogen and oxygen atoms in total. The summed E-state index contributed by atoms with van der Waals surface area (Å²) in [7, 11) is 0. The third kappa shape index (κ3) is 3.64. The Kier molecular flexibility index (Phi) is 5.27. The number of anilines is 1. The molecule has 3 amide bonds. The zero-order valence-electron chi connectivity index (χ0n) is 17.8. The van der Waals surface area contributed by atoms with Gasteiger partial charge in [-0.1, -0.05) is 12.8 Å². The monoisotopic (exact) mass is 427 g/mol. The minimum atomic E-state index is -0.182. The number of aromatic amines is 1. The molecule has 0 radical (unpaired) electrons. The van der Waals surface area contributed by atoms with Crippen molar-refractivity contribution in [1.82, 2.24) is 19.8 Å². The molecule has 166 valence electrons. The molecule has 0 aromatic carbocycles. The fourth-order valence-corrected chi connectivity index (χ4v) is 5.54. The molecule has 2 atom stereocenters. The highest BCUT2D eigenvalue weighted by molar-refractivity contribution is 6.05. The summed E-state index contributed by atoms with van der Waals surface area (Å²) in [5.41, 5.74) is 1.19. The molecule has 3 fully saturated rings. The molecule has 1 aromatic heterocycles. The van der Waals surface area contributed by atoms with Crippen LogP contribution in [0.3, 0.4) is 0 Å². The van der Waals surface area contributed by atoms with Gasteiger partial charge in [0.25, 0.3) is 5.56 Å². The Morgan fingerprint density at radius 1 is 0.968 bits per heavy atom. The summed E-state index contributed by atoms with van der Waals surface area (Å²) >= 11 is 0. The maximum Gasteiger partial charge on any atom is 0.255 e. The molecule has 4 heterocycles. The van der Waals surface area contributed by atoms with Gasteiger partial charge in [-0.25, -0.2) is 4.98 Å². The van der Waals surface area contributed by atoms with Crippen LogP contribution in [0.5, 0.6) is 0 Å². The summed E-state index contributed by atoms with van der Waals surface area (Å²) in [5.74, 6) is -0.0847. The molecule has 31 heavy (non-hydrogen) atoms. The Bertz CT molecular complexity index is 943. The molecule has 1 aliphatic carbocycles. The zero-order valence-corrected chi connectivity index (χ0v) is 17.8. The van der Waals surface area contributed by atoms with Crippen molar-refractivity contribution in [2.45, 2.75) is 57.9 Å². The third-order valence-corrected chi connectivity index (χ3v) is 7.30. The summed E-state index contributed by atoms with van der Waals surface area (Å²) < 4.78 is 0. The highest BCUT2D eigenvalue weighted by Crippen LogP contribution is 2.38. The minimum absolute atomic E-state index is 0.102. The number of carbonyl (C=O) groups is 3. The number of nitrogens with zero attached hydrogens (tertiary/aromatic N) is 4. The average Bonchev–Trinajstić information content (AvgIpc) is 3.40. The Morgan fingerprint density at radius 2 is 1.65 bits per heavy atom. The van der Waals surface area contributed by atoms with E-state index in [9.17, 15) is 19.2 Å². The second kappa shape index (κ2) is 8.09. The van der Waals surface area contributed by atoms with Gasteiger partial charge in [0, 0.05) is 38.2 Å². The standard InChI is InChI=1S/C22H29N5O4/c28-18(8-12-27-20(30)14-5-1-2-6-15(14)21(27)31)26-11-7-16-17(13-26)23-22(24-19(16)29)25-9-3-4-10-25/h14-15H,1-13H2,(H,23,24,29). The van der Waals surface area contributed by atoms with E-state index < -0.39 is 0 Å². The van der Waals surface area contributed by atoms with Crippen molar-refractivity contribution in [3.8, 4) is 0 Å². The molecule has 4 aliphatic rings. The van der Waals surface area contributed by atoms with Gasteiger partial charge in [0.05, 0.1) is 24.1 Å². The van der Waals surface area contributed by atoms with E-state index in [1.54, 1.807) is 4.90 Å². The van der Waals surface area contributed by atoms with Gasteiger partial charge in [-0.15, -0.1) is 0 Å². The number of fused-ring (bicyclic) bond motifs is 2. The number of aromatic nitrogens is 2. The predicted molar refractivity (Wildman–Crippen MR) is 112 cm³/mol. The SMILES string of the molecule is O=C(CCN1C(=O)C2CCCCC2C1=O)N1CCc2c(nc(N3CCCC3)[nH]c2=O)C1. The van der Waals surface area contributed by atoms with Gasteiger partial charge in [-0.3, -0.25) is 29.1 Å². The first-order chi connectivity index (χ1) is 15.0. The van der Waals surface area contributed by atoms with Crippen LogP contribution in [-0.4, -0.2) is 63.7 Å². The van der Waals surface area contributed by atoms with Crippen molar-refractivity contribution in [3.63, 3.8) is 0 Å². The largest absolute Gasteiger partial charge is 0.342 e. The van der Waals surface area contributed by atoms with Gasteiger partial charge < -0.3 is 9.80 Å². The first kappa shape index (κ1) is 20.2. The fourth-order valence-electron chi connectivity index (χ4n) is 5.54. The average molecular weight is 428 g/mol. The van der Waals surface area contributed by atoms with Crippen LogP contribution < -0.4 is 10.5 Å². The Morgan fingerprint density at radius 3 is 2.32 bits per heavy atom. The van der Waals surface area contributed by atoms with Crippen LogP contribution in [0.25, 0.3) is 0 Å². The van der Waals surface area contributed by atoms with E-state index >= 15 is 0 Å². The molecule has 3 aliphatic heterocycles. The lowest BCUT2D eigenvalue weighted by molar-refractivity contribution is -0.141. The molecule has 2 unspecified atom stereocenters. The van der Waals surface area contributed by atoms with Crippen LogP contribution in [-0.2, 0) is 27.3 Å². The summed E-state index contributed by atoms with van der Waals surface area (Å²) in [4.78, 5) is 63.3. The Balaban J connectivity index is 1.24. The molecular weight excluding hydrogens is 398 g/mol. The van der Waals surface area contributed by atoms with Crippen molar-refractivity contribution < 1.29 is 14.4 Å². The van der Waals surface area contributed by atoms with E-state index in [0.29, 0.717) is 36.7 Å². The number of amides is 3. The Hall–Kier alpha value is -2.71. The summed E-state index contributed by atoms with van der Waals surface area (Å²) in [6.45, 7) is 2.65. The van der Waals surface area contributed by atoms with Crippen molar-refractivity contribution in [2.24, 2.45) is 11.8 Å². The second-order valence-electron chi connectivity index (χ2n) is 9.15. The van der Waals surface area contributed by atoms with Gasteiger partial charge in [0.2, 0.25) is 23.7 Å². The number of H-pyrrole nitrogens is 1. The molecule has 0 bridgehead atoms. The van der Waals surface area contributed by atoms with Crippen LogP contribution in [0.1, 0.15) is 56.2 Å². The van der Waals surface area contributed by atoms with E-state index in [-0.39, 0.29) is 48.1 Å². The maximum atomic E-state index is 12.9. The molecule has 0 spiro atoms. The van der Waals surface area contributed by atoms with Crippen molar-refractivity contribution >= 4 is 23.7 Å². The predicted octanol–water partition coefficient (Wildman–Crippen LogP) is 0.820. The number of hydrogen-bond acceptors (Lipinski definition) is 6. The lowest BCUT2D eigenvalue weighted by atomic mass is 9.81. The van der Waals surface area contributed by atoms with Crippen LogP contribution in [0.15, 0.2) is 4.79 Å². The highest BCUT2D eigenvalue weighted by atomic mass is 16.2. The summed E-state index contributed by atoms with van der Waals surface area (Å²) in [6, 6.07) is 0. The molecule has 5 rings (SSSR count). The number of nitrogens with one attached hydrogen (secondary N) is 1. The van der Waals surface area contributed by atoms with Crippen molar-refractivity contribution in [1.29, 1.82) is 0 Å². The smallest absolute Gasteiger partial charge is 0.255 e. The minimum Gasteiger partial charge on any atom is -0.342 e. The van der Waals surface area contributed by atoms with Crippen LogP contribution in [0, 0.1) is 11.8 Å². The quantitative estimate of drug-likeness (QED) is 0.713. The molecule has 1 aromatic rings. The molecule has 2 saturated heterocycles. The first-order valence-electron chi connectivity index (χ1n) is 11.5. The molecule has 9 heteroatoms. The maximum absolute atomic E-state index is 12.9.